The normalized spacial score (nSPS) is 11.5. The van der Waals surface area contributed by atoms with Gasteiger partial charge in [0.1, 0.15) is 16.7 Å². The zero-order chi connectivity index (χ0) is 14.9. The standard InChI is InChI=1S/C13H14N4O2S/c1-16(2)20(18,19)12-7-3-6-11(13(12)15)17-8-4-5-10(17)9-14/h3-8H,15H2,1-2H3. The highest BCUT2D eigenvalue weighted by atomic mass is 32.2. The lowest BCUT2D eigenvalue weighted by atomic mass is 10.2. The highest BCUT2D eigenvalue weighted by Crippen LogP contribution is 2.28. The Kier molecular flexibility index (Phi) is 3.53. The lowest BCUT2D eigenvalue weighted by Gasteiger charge is -2.16. The first-order valence-electron chi connectivity index (χ1n) is 5.78. The smallest absolute Gasteiger partial charge is 0.244 e. The van der Waals surface area contributed by atoms with Gasteiger partial charge in [0.15, 0.2) is 0 Å². The van der Waals surface area contributed by atoms with Gasteiger partial charge in [-0.1, -0.05) is 6.07 Å². The van der Waals surface area contributed by atoms with Gasteiger partial charge < -0.3 is 10.3 Å². The van der Waals surface area contributed by atoms with Crippen LogP contribution in [0.5, 0.6) is 0 Å². The summed E-state index contributed by atoms with van der Waals surface area (Å²) in [5, 5.41) is 9.04. The molecule has 0 aliphatic rings. The number of nitriles is 1. The molecule has 2 aromatic rings. The minimum atomic E-state index is -3.63. The maximum absolute atomic E-state index is 12.2. The summed E-state index contributed by atoms with van der Waals surface area (Å²) in [5.41, 5.74) is 6.96. The van der Waals surface area contributed by atoms with E-state index in [2.05, 4.69) is 0 Å². The van der Waals surface area contributed by atoms with Crippen LogP contribution in [0.25, 0.3) is 5.69 Å². The number of para-hydroxylation sites is 1. The molecular weight excluding hydrogens is 276 g/mol. The van der Waals surface area contributed by atoms with Gasteiger partial charge in [0.25, 0.3) is 0 Å². The number of sulfonamides is 1. The first-order valence-corrected chi connectivity index (χ1v) is 7.22. The molecule has 0 aliphatic carbocycles. The van der Waals surface area contributed by atoms with E-state index in [4.69, 9.17) is 11.0 Å². The van der Waals surface area contributed by atoms with E-state index in [-0.39, 0.29) is 10.6 Å². The highest BCUT2D eigenvalue weighted by Gasteiger charge is 2.22. The molecule has 1 heterocycles. The molecule has 0 fully saturated rings. The molecule has 2 rings (SSSR count). The van der Waals surface area contributed by atoms with Crippen LogP contribution in [0.2, 0.25) is 0 Å². The second kappa shape index (κ2) is 5.00. The molecule has 0 amide bonds. The van der Waals surface area contributed by atoms with Crippen LogP contribution in [0.3, 0.4) is 0 Å². The number of rotatable bonds is 3. The molecule has 0 spiro atoms. The summed E-state index contributed by atoms with van der Waals surface area (Å²) in [6.07, 6.45) is 1.66. The lowest BCUT2D eigenvalue weighted by Crippen LogP contribution is -2.23. The van der Waals surface area contributed by atoms with Crippen LogP contribution in [-0.4, -0.2) is 31.4 Å². The fourth-order valence-electron chi connectivity index (χ4n) is 1.85. The molecular formula is C13H14N4O2S. The molecule has 0 atom stereocenters. The molecule has 0 saturated heterocycles. The van der Waals surface area contributed by atoms with Crippen LogP contribution in [-0.2, 0) is 10.0 Å². The predicted octanol–water partition coefficient (Wildman–Crippen LogP) is 1.18. The fourth-order valence-corrected chi connectivity index (χ4v) is 2.87. The molecule has 0 aliphatic heterocycles. The third kappa shape index (κ3) is 2.15. The summed E-state index contributed by atoms with van der Waals surface area (Å²) < 4.78 is 27.1. The van der Waals surface area contributed by atoms with Crippen molar-refractivity contribution in [2.24, 2.45) is 0 Å². The van der Waals surface area contributed by atoms with Crippen molar-refractivity contribution in [1.29, 1.82) is 5.26 Å². The average Bonchev–Trinajstić information content (AvgIpc) is 2.86. The van der Waals surface area contributed by atoms with E-state index in [0.29, 0.717) is 11.4 Å². The van der Waals surface area contributed by atoms with Gasteiger partial charge in [-0.15, -0.1) is 0 Å². The van der Waals surface area contributed by atoms with Crippen molar-refractivity contribution in [2.75, 3.05) is 19.8 Å². The van der Waals surface area contributed by atoms with Gasteiger partial charge in [0.05, 0.1) is 11.4 Å². The highest BCUT2D eigenvalue weighted by molar-refractivity contribution is 7.89. The van der Waals surface area contributed by atoms with Crippen molar-refractivity contribution < 1.29 is 8.42 Å². The third-order valence-electron chi connectivity index (χ3n) is 2.92. The van der Waals surface area contributed by atoms with Crippen LogP contribution >= 0.6 is 0 Å². The van der Waals surface area contributed by atoms with Gasteiger partial charge >= 0.3 is 0 Å². The van der Waals surface area contributed by atoms with Crippen molar-refractivity contribution in [3.8, 4) is 11.8 Å². The van der Waals surface area contributed by atoms with Crippen molar-refractivity contribution in [3.05, 3.63) is 42.2 Å². The van der Waals surface area contributed by atoms with Crippen LogP contribution in [0, 0.1) is 11.3 Å². The largest absolute Gasteiger partial charge is 0.396 e. The summed E-state index contributed by atoms with van der Waals surface area (Å²) in [7, 11) is -0.744. The number of hydrogen-bond donors (Lipinski definition) is 1. The van der Waals surface area contributed by atoms with Gasteiger partial charge in [-0.2, -0.15) is 5.26 Å². The van der Waals surface area contributed by atoms with Gasteiger partial charge in [0, 0.05) is 20.3 Å². The molecule has 0 bridgehead atoms. The Bertz CT molecular complexity index is 785. The number of nitrogens with two attached hydrogens (primary N) is 1. The quantitative estimate of drug-likeness (QED) is 0.859. The Morgan fingerprint density at radius 3 is 2.55 bits per heavy atom. The SMILES string of the molecule is CN(C)S(=O)(=O)c1cccc(-n2cccc2C#N)c1N. The molecule has 1 aromatic heterocycles. The van der Waals surface area contributed by atoms with E-state index in [9.17, 15) is 8.42 Å². The number of nitrogen functional groups attached to an aromatic ring is 1. The number of anilines is 1. The predicted molar refractivity (Wildman–Crippen MR) is 75.8 cm³/mol. The second-order valence-electron chi connectivity index (χ2n) is 4.35. The maximum atomic E-state index is 12.2. The van der Waals surface area contributed by atoms with E-state index in [0.717, 1.165) is 4.31 Å². The van der Waals surface area contributed by atoms with Gasteiger partial charge in [-0.05, 0) is 24.3 Å². The summed E-state index contributed by atoms with van der Waals surface area (Å²) >= 11 is 0. The molecule has 1 aromatic carbocycles. The minimum absolute atomic E-state index is 0.0255. The van der Waals surface area contributed by atoms with Gasteiger partial charge in [-0.3, -0.25) is 0 Å². The molecule has 20 heavy (non-hydrogen) atoms. The second-order valence-corrected chi connectivity index (χ2v) is 6.47. The van der Waals surface area contributed by atoms with E-state index in [1.54, 1.807) is 35.0 Å². The summed E-state index contributed by atoms with van der Waals surface area (Å²) in [6, 6.07) is 10.1. The topological polar surface area (TPSA) is 92.1 Å². The van der Waals surface area contributed by atoms with E-state index < -0.39 is 10.0 Å². The van der Waals surface area contributed by atoms with Crippen molar-refractivity contribution in [3.63, 3.8) is 0 Å². The van der Waals surface area contributed by atoms with E-state index >= 15 is 0 Å². The number of aromatic nitrogens is 1. The van der Waals surface area contributed by atoms with E-state index in [1.807, 2.05) is 6.07 Å². The van der Waals surface area contributed by atoms with Gasteiger partial charge in [0.2, 0.25) is 10.0 Å². The van der Waals surface area contributed by atoms with Crippen molar-refractivity contribution in [2.45, 2.75) is 4.90 Å². The molecule has 0 radical (unpaired) electrons. The van der Waals surface area contributed by atoms with Crippen molar-refractivity contribution >= 4 is 15.7 Å². The zero-order valence-corrected chi connectivity index (χ0v) is 11.9. The fraction of sp³-hybridized carbons (Fsp3) is 0.154. The molecule has 6 nitrogen and oxygen atoms in total. The molecule has 104 valence electrons. The summed E-state index contributed by atoms with van der Waals surface area (Å²) in [4.78, 5) is 0.0255. The first-order chi connectivity index (χ1) is 9.39. The Morgan fingerprint density at radius 1 is 1.25 bits per heavy atom. The third-order valence-corrected chi connectivity index (χ3v) is 4.80. The minimum Gasteiger partial charge on any atom is -0.396 e. The van der Waals surface area contributed by atoms with Crippen LogP contribution in [0.1, 0.15) is 5.69 Å². The van der Waals surface area contributed by atoms with E-state index in [1.165, 1.54) is 20.2 Å². The summed E-state index contributed by atoms with van der Waals surface area (Å²) in [6.45, 7) is 0. The molecule has 0 unspecified atom stereocenters. The van der Waals surface area contributed by atoms with Crippen LogP contribution in [0.4, 0.5) is 5.69 Å². The maximum Gasteiger partial charge on any atom is 0.244 e. The number of benzene rings is 1. The number of hydrogen-bond acceptors (Lipinski definition) is 4. The van der Waals surface area contributed by atoms with Crippen molar-refractivity contribution in [1.82, 2.24) is 8.87 Å². The van der Waals surface area contributed by atoms with Gasteiger partial charge in [-0.25, -0.2) is 12.7 Å². The Morgan fingerprint density at radius 2 is 1.95 bits per heavy atom. The zero-order valence-electron chi connectivity index (χ0n) is 11.1. The summed E-state index contributed by atoms with van der Waals surface area (Å²) in [5.74, 6) is 0. The monoisotopic (exact) mass is 290 g/mol. The molecule has 0 saturated carbocycles. The van der Waals surface area contributed by atoms with Crippen LogP contribution in [0.15, 0.2) is 41.4 Å². The van der Waals surface area contributed by atoms with Crippen LogP contribution < -0.4 is 5.73 Å². The number of nitrogens with zero attached hydrogens (tertiary/aromatic N) is 3. The molecule has 7 heteroatoms. The molecule has 2 N–H and O–H groups in total. The Labute approximate surface area is 117 Å². The Hall–Kier alpha value is -2.30. The Balaban J connectivity index is 2.69. The lowest BCUT2D eigenvalue weighted by molar-refractivity contribution is 0.521. The first kappa shape index (κ1) is 14.1. The average molecular weight is 290 g/mol.